The smallest absolute Gasteiger partial charge is 0.133 e. The molecule has 3 heteroatoms. The van der Waals surface area contributed by atoms with E-state index in [1.54, 1.807) is 0 Å². The van der Waals surface area contributed by atoms with Crippen molar-refractivity contribution in [3.63, 3.8) is 0 Å². The van der Waals surface area contributed by atoms with E-state index in [-0.39, 0.29) is 0 Å². The van der Waals surface area contributed by atoms with Gasteiger partial charge in [-0.15, -0.1) is 0 Å². The van der Waals surface area contributed by atoms with Crippen LogP contribution in [0.2, 0.25) is 0 Å². The van der Waals surface area contributed by atoms with Gasteiger partial charge in [0.05, 0.1) is 5.69 Å². The highest BCUT2D eigenvalue weighted by molar-refractivity contribution is 7.03. The Morgan fingerprint density at radius 3 is 3.09 bits per heavy atom. The number of nitrogens with zero attached hydrogens (tertiary/aromatic N) is 1. The summed E-state index contributed by atoms with van der Waals surface area (Å²) in [5, 5.41) is 1.97. The van der Waals surface area contributed by atoms with Crippen molar-refractivity contribution in [3.05, 3.63) is 17.1 Å². The summed E-state index contributed by atoms with van der Waals surface area (Å²) < 4.78 is 4.22. The summed E-state index contributed by atoms with van der Waals surface area (Å²) in [6.45, 7) is 0. The summed E-state index contributed by atoms with van der Waals surface area (Å²) in [5.41, 5.74) is 1.11. The summed E-state index contributed by atoms with van der Waals surface area (Å²) in [5.74, 6) is 0.816. The van der Waals surface area contributed by atoms with E-state index in [4.69, 9.17) is 0 Å². The standard InChI is InChI=1S/C8H9NOS/c10-7-2-1-6(5-7)8-3-4-11-9-8/h3-4,6H,1-2,5H2. The van der Waals surface area contributed by atoms with Crippen LogP contribution in [0.15, 0.2) is 11.4 Å². The van der Waals surface area contributed by atoms with Gasteiger partial charge < -0.3 is 0 Å². The van der Waals surface area contributed by atoms with Crippen LogP contribution in [0.1, 0.15) is 30.9 Å². The minimum atomic E-state index is 0.392. The summed E-state index contributed by atoms with van der Waals surface area (Å²) in [6, 6.07) is 2.02. The molecule has 1 heterocycles. The van der Waals surface area contributed by atoms with E-state index < -0.39 is 0 Å². The van der Waals surface area contributed by atoms with Crippen molar-refractivity contribution in [2.24, 2.45) is 0 Å². The fourth-order valence-electron chi connectivity index (χ4n) is 1.50. The molecule has 1 fully saturated rings. The predicted octanol–water partition coefficient (Wildman–Crippen LogP) is 1.98. The Kier molecular flexibility index (Phi) is 1.74. The molecule has 1 aromatic rings. The lowest BCUT2D eigenvalue weighted by Crippen LogP contribution is -1.93. The molecule has 1 aliphatic rings. The highest BCUT2D eigenvalue weighted by atomic mass is 32.1. The first-order valence-electron chi connectivity index (χ1n) is 3.78. The fraction of sp³-hybridized carbons (Fsp3) is 0.500. The molecule has 0 bridgehead atoms. The topological polar surface area (TPSA) is 30.0 Å². The molecular weight excluding hydrogens is 158 g/mol. The Morgan fingerprint density at radius 1 is 1.64 bits per heavy atom. The predicted molar refractivity (Wildman–Crippen MR) is 43.7 cm³/mol. The van der Waals surface area contributed by atoms with Gasteiger partial charge in [-0.25, -0.2) is 0 Å². The highest BCUT2D eigenvalue weighted by Crippen LogP contribution is 2.31. The average molecular weight is 167 g/mol. The van der Waals surface area contributed by atoms with Crippen molar-refractivity contribution in [2.75, 3.05) is 0 Å². The van der Waals surface area contributed by atoms with E-state index in [1.807, 2.05) is 11.4 Å². The summed E-state index contributed by atoms with van der Waals surface area (Å²) in [6.07, 6.45) is 2.47. The zero-order valence-electron chi connectivity index (χ0n) is 6.12. The van der Waals surface area contributed by atoms with Gasteiger partial charge in [0.1, 0.15) is 5.78 Å². The molecule has 0 spiro atoms. The zero-order chi connectivity index (χ0) is 7.68. The Bertz CT molecular complexity index is 255. The van der Waals surface area contributed by atoms with Crippen LogP contribution < -0.4 is 0 Å². The summed E-state index contributed by atoms with van der Waals surface area (Å²) in [7, 11) is 0. The van der Waals surface area contributed by atoms with Gasteiger partial charge in [0.15, 0.2) is 0 Å². The molecule has 0 amide bonds. The van der Waals surface area contributed by atoms with Crippen molar-refractivity contribution < 1.29 is 4.79 Å². The highest BCUT2D eigenvalue weighted by Gasteiger charge is 2.24. The molecule has 58 valence electrons. The van der Waals surface area contributed by atoms with Crippen LogP contribution in [-0.2, 0) is 4.79 Å². The minimum Gasteiger partial charge on any atom is -0.300 e. The molecule has 0 aliphatic heterocycles. The number of ketones is 1. The van der Waals surface area contributed by atoms with Crippen LogP contribution in [0, 0.1) is 0 Å². The van der Waals surface area contributed by atoms with E-state index in [1.165, 1.54) is 11.5 Å². The third kappa shape index (κ3) is 1.33. The molecule has 1 atom stereocenters. The number of hydrogen-bond acceptors (Lipinski definition) is 3. The van der Waals surface area contributed by atoms with E-state index in [9.17, 15) is 4.79 Å². The molecule has 1 aliphatic carbocycles. The molecule has 1 saturated carbocycles. The van der Waals surface area contributed by atoms with Gasteiger partial charge >= 0.3 is 0 Å². The summed E-state index contributed by atoms with van der Waals surface area (Å²) >= 11 is 1.47. The lowest BCUT2D eigenvalue weighted by atomic mass is 10.1. The number of carbonyl (C=O) groups is 1. The summed E-state index contributed by atoms with van der Waals surface area (Å²) in [4.78, 5) is 10.9. The number of Topliss-reactive ketones (excluding diaryl/α,β-unsaturated/α-hetero) is 1. The first kappa shape index (κ1) is 6.98. The van der Waals surface area contributed by atoms with Crippen LogP contribution in [0.3, 0.4) is 0 Å². The van der Waals surface area contributed by atoms with Crippen LogP contribution in [0.5, 0.6) is 0 Å². The van der Waals surface area contributed by atoms with E-state index >= 15 is 0 Å². The van der Waals surface area contributed by atoms with Gasteiger partial charge in [-0.1, -0.05) is 0 Å². The molecule has 0 N–H and O–H groups in total. The average Bonchev–Trinajstić information content (AvgIpc) is 2.55. The molecule has 2 rings (SSSR count). The third-order valence-electron chi connectivity index (χ3n) is 2.12. The van der Waals surface area contributed by atoms with Gasteiger partial charge in [-0.3, -0.25) is 4.79 Å². The van der Waals surface area contributed by atoms with Crippen LogP contribution in [0.25, 0.3) is 0 Å². The fourth-order valence-corrected chi connectivity index (χ4v) is 2.09. The SMILES string of the molecule is O=C1CCC(c2ccsn2)C1. The van der Waals surface area contributed by atoms with E-state index in [0.29, 0.717) is 18.1 Å². The maximum absolute atomic E-state index is 10.9. The van der Waals surface area contributed by atoms with Gasteiger partial charge in [0.25, 0.3) is 0 Å². The van der Waals surface area contributed by atoms with E-state index in [2.05, 4.69) is 4.37 Å². The van der Waals surface area contributed by atoms with Gasteiger partial charge in [0.2, 0.25) is 0 Å². The quantitative estimate of drug-likeness (QED) is 0.640. The number of rotatable bonds is 1. The maximum atomic E-state index is 10.9. The molecular formula is C8H9NOS. The Hall–Kier alpha value is -0.700. The van der Waals surface area contributed by atoms with Crippen molar-refractivity contribution in [3.8, 4) is 0 Å². The van der Waals surface area contributed by atoms with Crippen LogP contribution in [-0.4, -0.2) is 10.2 Å². The van der Waals surface area contributed by atoms with Crippen molar-refractivity contribution in [1.29, 1.82) is 0 Å². The first-order chi connectivity index (χ1) is 5.36. The molecule has 1 unspecified atom stereocenters. The molecule has 1 aromatic heterocycles. The van der Waals surface area contributed by atoms with E-state index in [0.717, 1.165) is 18.5 Å². The molecule has 0 saturated heterocycles. The largest absolute Gasteiger partial charge is 0.300 e. The molecule has 2 nitrogen and oxygen atoms in total. The van der Waals surface area contributed by atoms with Crippen molar-refractivity contribution in [2.45, 2.75) is 25.2 Å². The first-order valence-corrected chi connectivity index (χ1v) is 4.62. The Balaban J connectivity index is 2.13. The second-order valence-corrected chi connectivity index (χ2v) is 3.57. The minimum absolute atomic E-state index is 0.392. The Morgan fingerprint density at radius 2 is 2.55 bits per heavy atom. The molecule has 0 radical (unpaired) electrons. The number of hydrogen-bond donors (Lipinski definition) is 0. The number of carbonyl (C=O) groups excluding carboxylic acids is 1. The maximum Gasteiger partial charge on any atom is 0.133 e. The van der Waals surface area contributed by atoms with Crippen LogP contribution in [0.4, 0.5) is 0 Å². The molecule has 0 aromatic carbocycles. The van der Waals surface area contributed by atoms with Crippen molar-refractivity contribution in [1.82, 2.24) is 4.37 Å². The second-order valence-electron chi connectivity index (χ2n) is 2.90. The van der Waals surface area contributed by atoms with Gasteiger partial charge in [-0.2, -0.15) is 4.37 Å². The normalized spacial score (nSPS) is 24.4. The number of aromatic nitrogens is 1. The second kappa shape index (κ2) is 2.74. The third-order valence-corrected chi connectivity index (χ3v) is 2.70. The lowest BCUT2D eigenvalue weighted by Gasteiger charge is -2.00. The van der Waals surface area contributed by atoms with Gasteiger partial charge in [0, 0.05) is 24.1 Å². The monoisotopic (exact) mass is 167 g/mol. The Labute approximate surface area is 69.4 Å². The lowest BCUT2D eigenvalue weighted by molar-refractivity contribution is -0.117. The zero-order valence-corrected chi connectivity index (χ0v) is 6.93. The van der Waals surface area contributed by atoms with Crippen molar-refractivity contribution >= 4 is 17.3 Å². The molecule has 11 heavy (non-hydrogen) atoms. The van der Waals surface area contributed by atoms with Crippen LogP contribution >= 0.6 is 11.5 Å². The van der Waals surface area contributed by atoms with Gasteiger partial charge in [-0.05, 0) is 24.0 Å².